The van der Waals surface area contributed by atoms with Crippen LogP contribution in [0, 0.1) is 0 Å². The van der Waals surface area contributed by atoms with E-state index in [-0.39, 0.29) is 0 Å². The van der Waals surface area contributed by atoms with Gasteiger partial charge in [0.2, 0.25) is 0 Å². The van der Waals surface area contributed by atoms with Gasteiger partial charge in [0.15, 0.2) is 0 Å². The Morgan fingerprint density at radius 1 is 1.15 bits per heavy atom. The van der Waals surface area contributed by atoms with E-state index < -0.39 is 5.60 Å². The molecule has 2 unspecified atom stereocenters. The van der Waals surface area contributed by atoms with Crippen molar-refractivity contribution in [2.75, 3.05) is 0 Å². The Labute approximate surface area is 122 Å². The molecule has 0 saturated carbocycles. The average Bonchev–Trinajstić information content (AvgIpc) is 2.41. The van der Waals surface area contributed by atoms with Crippen LogP contribution in [0.2, 0.25) is 0 Å². The minimum atomic E-state index is -0.391. The predicted molar refractivity (Wildman–Crippen MR) is 82.5 cm³/mol. The summed E-state index contributed by atoms with van der Waals surface area (Å²) in [6.45, 7) is 3.24. The maximum atomic E-state index is 10.8. The SMILES string of the molecule is CCCC1(O)CC2CCCC(C1)N2Cc1ccccc1. The number of piperidine rings is 2. The van der Waals surface area contributed by atoms with Gasteiger partial charge in [-0.25, -0.2) is 0 Å². The van der Waals surface area contributed by atoms with E-state index in [0.717, 1.165) is 32.2 Å². The molecule has 0 radical (unpaired) electrons. The molecule has 2 atom stereocenters. The van der Waals surface area contributed by atoms with Gasteiger partial charge >= 0.3 is 0 Å². The predicted octanol–water partition coefficient (Wildman–Crippen LogP) is 3.73. The van der Waals surface area contributed by atoms with E-state index in [4.69, 9.17) is 0 Å². The number of hydrogen-bond donors (Lipinski definition) is 1. The van der Waals surface area contributed by atoms with Crippen LogP contribution in [0.5, 0.6) is 0 Å². The van der Waals surface area contributed by atoms with E-state index >= 15 is 0 Å². The number of nitrogens with zero attached hydrogens (tertiary/aromatic N) is 1. The zero-order chi connectivity index (χ0) is 14.0. The van der Waals surface area contributed by atoms with Gasteiger partial charge in [-0.3, -0.25) is 4.90 Å². The molecule has 0 aliphatic carbocycles. The highest BCUT2D eigenvalue weighted by atomic mass is 16.3. The summed E-state index contributed by atoms with van der Waals surface area (Å²) in [6, 6.07) is 12.0. The molecule has 20 heavy (non-hydrogen) atoms. The Bertz CT molecular complexity index is 416. The molecule has 2 heterocycles. The third-order valence-electron chi connectivity index (χ3n) is 5.17. The topological polar surface area (TPSA) is 23.5 Å². The van der Waals surface area contributed by atoms with Crippen LogP contribution in [0.3, 0.4) is 0 Å². The summed E-state index contributed by atoms with van der Waals surface area (Å²) in [5.41, 5.74) is 1.02. The van der Waals surface area contributed by atoms with Crippen LogP contribution in [-0.2, 0) is 6.54 Å². The zero-order valence-corrected chi connectivity index (χ0v) is 12.6. The smallest absolute Gasteiger partial charge is 0.0677 e. The summed E-state index contributed by atoms with van der Waals surface area (Å²) in [7, 11) is 0. The Kier molecular flexibility index (Phi) is 4.13. The van der Waals surface area contributed by atoms with Crippen LogP contribution in [-0.4, -0.2) is 27.7 Å². The van der Waals surface area contributed by atoms with Crippen molar-refractivity contribution in [2.45, 2.75) is 76.1 Å². The summed E-state index contributed by atoms with van der Waals surface area (Å²) in [6.07, 6.45) is 7.87. The van der Waals surface area contributed by atoms with E-state index in [1.165, 1.54) is 24.8 Å². The molecule has 1 aromatic carbocycles. The van der Waals surface area contributed by atoms with Crippen molar-refractivity contribution in [1.82, 2.24) is 4.90 Å². The van der Waals surface area contributed by atoms with Gasteiger partial charge in [0, 0.05) is 18.6 Å². The monoisotopic (exact) mass is 273 g/mol. The van der Waals surface area contributed by atoms with Gasteiger partial charge in [0.1, 0.15) is 0 Å². The average molecular weight is 273 g/mol. The fourth-order valence-corrected chi connectivity index (χ4v) is 4.34. The Hall–Kier alpha value is -0.860. The van der Waals surface area contributed by atoms with E-state index in [2.05, 4.69) is 42.2 Å². The molecule has 2 bridgehead atoms. The van der Waals surface area contributed by atoms with Crippen molar-refractivity contribution < 1.29 is 5.11 Å². The molecule has 2 saturated heterocycles. The molecule has 110 valence electrons. The van der Waals surface area contributed by atoms with E-state index in [9.17, 15) is 5.11 Å². The maximum absolute atomic E-state index is 10.8. The van der Waals surface area contributed by atoms with Gasteiger partial charge in [0.25, 0.3) is 0 Å². The third-order valence-corrected chi connectivity index (χ3v) is 5.17. The number of aliphatic hydroxyl groups is 1. The molecule has 2 aliphatic rings. The molecule has 1 N–H and O–H groups in total. The summed E-state index contributed by atoms with van der Waals surface area (Å²) in [5, 5.41) is 10.8. The molecule has 0 spiro atoms. The van der Waals surface area contributed by atoms with Crippen LogP contribution in [0.4, 0.5) is 0 Å². The Morgan fingerprint density at radius 2 is 1.80 bits per heavy atom. The first-order chi connectivity index (χ1) is 9.70. The standard InChI is InChI=1S/C18H27NO/c1-2-11-18(20)12-16-9-6-10-17(13-18)19(16)14-15-7-4-3-5-8-15/h3-5,7-8,16-17,20H,2,6,9-14H2,1H3. The van der Waals surface area contributed by atoms with Crippen molar-refractivity contribution in [3.05, 3.63) is 35.9 Å². The van der Waals surface area contributed by atoms with Crippen LogP contribution >= 0.6 is 0 Å². The number of rotatable bonds is 4. The Morgan fingerprint density at radius 3 is 2.40 bits per heavy atom. The van der Waals surface area contributed by atoms with Crippen LogP contribution < -0.4 is 0 Å². The van der Waals surface area contributed by atoms with Crippen molar-refractivity contribution >= 4 is 0 Å². The van der Waals surface area contributed by atoms with E-state index in [1.54, 1.807) is 0 Å². The first-order valence-corrected chi connectivity index (χ1v) is 8.22. The van der Waals surface area contributed by atoms with Crippen molar-refractivity contribution in [3.8, 4) is 0 Å². The molecular weight excluding hydrogens is 246 g/mol. The fourth-order valence-electron chi connectivity index (χ4n) is 4.34. The molecule has 0 amide bonds. The highest BCUT2D eigenvalue weighted by Gasteiger charge is 2.44. The van der Waals surface area contributed by atoms with Gasteiger partial charge < -0.3 is 5.11 Å². The second-order valence-electron chi connectivity index (χ2n) is 6.78. The normalized spacial score (nSPS) is 34.1. The molecule has 1 aromatic rings. The Balaban J connectivity index is 1.73. The largest absolute Gasteiger partial charge is 0.390 e. The lowest BCUT2D eigenvalue weighted by atomic mass is 9.73. The molecule has 2 fully saturated rings. The lowest BCUT2D eigenvalue weighted by Crippen LogP contribution is -2.57. The quantitative estimate of drug-likeness (QED) is 0.903. The minimum absolute atomic E-state index is 0.391. The molecule has 2 heteroatoms. The second-order valence-corrected chi connectivity index (χ2v) is 6.78. The van der Waals surface area contributed by atoms with Gasteiger partial charge in [-0.1, -0.05) is 50.1 Å². The van der Waals surface area contributed by atoms with Crippen LogP contribution in [0.25, 0.3) is 0 Å². The molecule has 3 rings (SSSR count). The zero-order valence-electron chi connectivity index (χ0n) is 12.6. The maximum Gasteiger partial charge on any atom is 0.0677 e. The van der Waals surface area contributed by atoms with Crippen molar-refractivity contribution in [2.24, 2.45) is 0 Å². The first-order valence-electron chi connectivity index (χ1n) is 8.22. The second kappa shape index (κ2) is 5.87. The summed E-state index contributed by atoms with van der Waals surface area (Å²) in [4.78, 5) is 2.67. The molecular formula is C18H27NO. The van der Waals surface area contributed by atoms with Crippen molar-refractivity contribution in [3.63, 3.8) is 0 Å². The lowest BCUT2D eigenvalue weighted by Gasteiger charge is -2.52. The van der Waals surface area contributed by atoms with Crippen molar-refractivity contribution in [1.29, 1.82) is 0 Å². The van der Waals surface area contributed by atoms with Gasteiger partial charge in [-0.05, 0) is 37.7 Å². The third kappa shape index (κ3) is 2.91. The van der Waals surface area contributed by atoms with Crippen LogP contribution in [0.15, 0.2) is 30.3 Å². The number of fused-ring (bicyclic) bond motifs is 2. The highest BCUT2D eigenvalue weighted by Crippen LogP contribution is 2.41. The molecule has 2 nitrogen and oxygen atoms in total. The summed E-state index contributed by atoms with van der Waals surface area (Å²) in [5.74, 6) is 0. The molecule has 0 aromatic heterocycles. The van der Waals surface area contributed by atoms with E-state index in [1.807, 2.05) is 0 Å². The number of hydrogen-bond acceptors (Lipinski definition) is 2. The van der Waals surface area contributed by atoms with E-state index in [0.29, 0.717) is 12.1 Å². The van der Waals surface area contributed by atoms with Gasteiger partial charge in [0.05, 0.1) is 5.60 Å². The highest BCUT2D eigenvalue weighted by molar-refractivity contribution is 5.15. The van der Waals surface area contributed by atoms with Gasteiger partial charge in [-0.15, -0.1) is 0 Å². The summed E-state index contributed by atoms with van der Waals surface area (Å²) < 4.78 is 0. The van der Waals surface area contributed by atoms with Crippen LogP contribution in [0.1, 0.15) is 57.4 Å². The summed E-state index contributed by atoms with van der Waals surface area (Å²) >= 11 is 0. The molecule has 2 aliphatic heterocycles. The first kappa shape index (κ1) is 14.1. The number of benzene rings is 1. The van der Waals surface area contributed by atoms with Gasteiger partial charge in [-0.2, -0.15) is 0 Å². The fraction of sp³-hybridized carbons (Fsp3) is 0.667. The minimum Gasteiger partial charge on any atom is -0.390 e. The lowest BCUT2D eigenvalue weighted by molar-refractivity contribution is -0.0992.